The molecule has 0 saturated carbocycles. The number of nitrogens with zero attached hydrogens (tertiary/aromatic N) is 2. The van der Waals surface area contributed by atoms with Gasteiger partial charge in [0.05, 0.1) is 6.61 Å². The van der Waals surface area contributed by atoms with E-state index in [1.165, 1.54) is 5.56 Å². The molecule has 0 amide bonds. The predicted octanol–water partition coefficient (Wildman–Crippen LogP) is 5.52. The van der Waals surface area contributed by atoms with Gasteiger partial charge < -0.3 is 10.1 Å². The number of aromatic nitrogens is 2. The summed E-state index contributed by atoms with van der Waals surface area (Å²) in [5, 5.41) is 12.5. The second-order valence-corrected chi connectivity index (χ2v) is 8.20. The molecule has 24 heavy (non-hydrogen) atoms. The van der Waals surface area contributed by atoms with E-state index >= 15 is 0 Å². The highest BCUT2D eigenvalue weighted by atomic mass is 79.9. The second-order valence-electron chi connectivity index (χ2n) is 4.96. The number of para-hydroxylation sites is 1. The van der Waals surface area contributed by atoms with Crippen molar-refractivity contribution in [3.05, 3.63) is 58.6 Å². The van der Waals surface area contributed by atoms with Gasteiger partial charge in [0.2, 0.25) is 5.13 Å². The van der Waals surface area contributed by atoms with Gasteiger partial charge in [-0.3, -0.25) is 0 Å². The molecule has 0 unspecified atom stereocenters. The molecule has 1 aromatic heterocycles. The van der Waals surface area contributed by atoms with Crippen molar-refractivity contribution in [2.75, 3.05) is 17.7 Å². The van der Waals surface area contributed by atoms with E-state index in [2.05, 4.69) is 44.4 Å². The first-order chi connectivity index (χ1) is 11.7. The van der Waals surface area contributed by atoms with Crippen LogP contribution in [0.3, 0.4) is 0 Å². The maximum Gasteiger partial charge on any atom is 0.210 e. The molecule has 1 N–H and O–H groups in total. The zero-order chi connectivity index (χ0) is 16.8. The van der Waals surface area contributed by atoms with Crippen molar-refractivity contribution in [3.8, 4) is 5.75 Å². The smallest absolute Gasteiger partial charge is 0.210 e. The highest BCUT2D eigenvalue weighted by molar-refractivity contribution is 9.10. The lowest BCUT2D eigenvalue weighted by Gasteiger charge is -2.05. The highest BCUT2D eigenvalue weighted by Crippen LogP contribution is 2.28. The van der Waals surface area contributed by atoms with Crippen molar-refractivity contribution in [1.29, 1.82) is 0 Å². The number of thioether (sulfide) groups is 1. The maximum absolute atomic E-state index is 5.70. The first kappa shape index (κ1) is 17.3. The Morgan fingerprint density at radius 3 is 2.71 bits per heavy atom. The molecule has 4 nitrogen and oxygen atoms in total. The summed E-state index contributed by atoms with van der Waals surface area (Å²) in [7, 11) is 0. The Morgan fingerprint density at radius 1 is 1.12 bits per heavy atom. The Bertz CT molecular complexity index is 793. The minimum atomic E-state index is 0.631. The molecular weight excluding hydrogens is 406 g/mol. The number of hydrogen-bond donors (Lipinski definition) is 1. The lowest BCUT2D eigenvalue weighted by Crippen LogP contribution is -1.99. The monoisotopic (exact) mass is 421 g/mol. The molecule has 0 bridgehead atoms. The van der Waals surface area contributed by atoms with Gasteiger partial charge in [-0.15, -0.1) is 10.2 Å². The van der Waals surface area contributed by atoms with Crippen LogP contribution in [0.2, 0.25) is 0 Å². The summed E-state index contributed by atoms with van der Waals surface area (Å²) in [6.07, 6.45) is 0. The highest BCUT2D eigenvalue weighted by Gasteiger charge is 2.06. The van der Waals surface area contributed by atoms with Gasteiger partial charge in [-0.1, -0.05) is 57.2 Å². The minimum Gasteiger partial charge on any atom is -0.493 e. The average Bonchev–Trinajstić information content (AvgIpc) is 3.03. The van der Waals surface area contributed by atoms with E-state index in [4.69, 9.17) is 4.74 Å². The molecule has 3 aromatic rings. The minimum absolute atomic E-state index is 0.631. The Kier molecular flexibility index (Phi) is 6.12. The van der Waals surface area contributed by atoms with E-state index in [1.54, 1.807) is 23.1 Å². The van der Waals surface area contributed by atoms with Crippen molar-refractivity contribution in [2.45, 2.75) is 11.3 Å². The first-order valence-corrected chi connectivity index (χ1v) is 9.97. The van der Waals surface area contributed by atoms with Crippen LogP contribution in [0.1, 0.15) is 5.56 Å². The molecule has 0 saturated heterocycles. The molecular formula is C17H16BrN3OS2. The van der Waals surface area contributed by atoms with Crippen molar-refractivity contribution in [1.82, 2.24) is 10.2 Å². The van der Waals surface area contributed by atoms with Crippen LogP contribution in [-0.4, -0.2) is 22.6 Å². The van der Waals surface area contributed by atoms with Gasteiger partial charge in [-0.2, -0.15) is 0 Å². The Hall–Kier alpha value is -1.57. The molecule has 0 aliphatic carbocycles. The van der Waals surface area contributed by atoms with E-state index in [0.717, 1.165) is 31.1 Å². The summed E-state index contributed by atoms with van der Waals surface area (Å²) in [5.74, 6) is 1.70. The Labute approximate surface area is 157 Å². The number of anilines is 2. The summed E-state index contributed by atoms with van der Waals surface area (Å²) in [5.41, 5.74) is 2.24. The number of halogens is 1. The van der Waals surface area contributed by atoms with E-state index in [1.807, 2.05) is 42.5 Å². The van der Waals surface area contributed by atoms with Gasteiger partial charge >= 0.3 is 0 Å². The van der Waals surface area contributed by atoms with Gasteiger partial charge in [0.1, 0.15) is 5.75 Å². The molecule has 124 valence electrons. The van der Waals surface area contributed by atoms with Crippen LogP contribution in [0.4, 0.5) is 10.8 Å². The zero-order valence-electron chi connectivity index (χ0n) is 13.0. The summed E-state index contributed by atoms with van der Waals surface area (Å²) in [6, 6.07) is 16.0. The van der Waals surface area contributed by atoms with Crippen LogP contribution < -0.4 is 10.1 Å². The standard InChI is InChI=1S/C17H16BrN3OS2/c1-12-4-2-3-5-15(12)19-16-20-21-17(24-16)23-11-10-22-14-8-6-13(18)7-9-14/h2-9H,10-11H2,1H3,(H,19,20). The zero-order valence-corrected chi connectivity index (χ0v) is 16.2. The SMILES string of the molecule is Cc1ccccc1Nc1nnc(SCCOc2ccc(Br)cc2)s1. The topological polar surface area (TPSA) is 47.0 Å². The number of nitrogens with one attached hydrogen (secondary N) is 1. The second kappa shape index (κ2) is 8.50. The fourth-order valence-corrected chi connectivity index (χ4v) is 3.88. The van der Waals surface area contributed by atoms with Crippen molar-refractivity contribution >= 4 is 49.8 Å². The van der Waals surface area contributed by atoms with Gasteiger partial charge in [0, 0.05) is 15.9 Å². The van der Waals surface area contributed by atoms with Gasteiger partial charge in [0.25, 0.3) is 0 Å². The van der Waals surface area contributed by atoms with Gasteiger partial charge in [-0.25, -0.2) is 0 Å². The summed E-state index contributed by atoms with van der Waals surface area (Å²) >= 11 is 6.61. The number of aryl methyl sites for hydroxylation is 1. The van der Waals surface area contributed by atoms with E-state index < -0.39 is 0 Å². The van der Waals surface area contributed by atoms with Crippen LogP contribution in [0, 0.1) is 6.92 Å². The van der Waals surface area contributed by atoms with Crippen molar-refractivity contribution < 1.29 is 4.74 Å². The molecule has 0 radical (unpaired) electrons. The first-order valence-electron chi connectivity index (χ1n) is 7.38. The van der Waals surface area contributed by atoms with Gasteiger partial charge in [0.15, 0.2) is 4.34 Å². The summed E-state index contributed by atoms with van der Waals surface area (Å²) < 4.78 is 7.68. The fraction of sp³-hybridized carbons (Fsp3) is 0.176. The van der Waals surface area contributed by atoms with E-state index in [-0.39, 0.29) is 0 Å². The summed E-state index contributed by atoms with van der Waals surface area (Å²) in [4.78, 5) is 0. The largest absolute Gasteiger partial charge is 0.493 e. The van der Waals surface area contributed by atoms with Crippen LogP contribution in [-0.2, 0) is 0 Å². The van der Waals surface area contributed by atoms with E-state index in [0.29, 0.717) is 6.61 Å². The number of hydrogen-bond acceptors (Lipinski definition) is 6. The third kappa shape index (κ3) is 4.96. The number of benzene rings is 2. The number of rotatable bonds is 7. The molecule has 0 fully saturated rings. The lowest BCUT2D eigenvalue weighted by molar-refractivity contribution is 0.344. The molecule has 2 aromatic carbocycles. The fourth-order valence-electron chi connectivity index (χ4n) is 1.97. The van der Waals surface area contributed by atoms with Crippen LogP contribution in [0.5, 0.6) is 5.75 Å². The van der Waals surface area contributed by atoms with Crippen LogP contribution in [0.15, 0.2) is 57.3 Å². The Balaban J connectivity index is 1.46. The third-order valence-corrected chi connectivity index (χ3v) is 5.65. The molecule has 3 rings (SSSR count). The quantitative estimate of drug-likeness (QED) is 0.401. The summed E-state index contributed by atoms with van der Waals surface area (Å²) in [6.45, 7) is 2.70. The predicted molar refractivity (Wildman–Crippen MR) is 105 cm³/mol. The molecule has 0 aliphatic rings. The van der Waals surface area contributed by atoms with Crippen LogP contribution in [0.25, 0.3) is 0 Å². The van der Waals surface area contributed by atoms with Crippen molar-refractivity contribution in [3.63, 3.8) is 0 Å². The molecule has 0 spiro atoms. The lowest BCUT2D eigenvalue weighted by atomic mass is 10.2. The molecule has 0 atom stereocenters. The Morgan fingerprint density at radius 2 is 1.92 bits per heavy atom. The average molecular weight is 422 g/mol. The maximum atomic E-state index is 5.70. The normalized spacial score (nSPS) is 10.6. The van der Waals surface area contributed by atoms with E-state index in [9.17, 15) is 0 Å². The molecule has 0 aliphatic heterocycles. The third-order valence-electron chi connectivity index (χ3n) is 3.18. The number of ether oxygens (including phenoxy) is 1. The van der Waals surface area contributed by atoms with Gasteiger partial charge in [-0.05, 0) is 42.8 Å². The molecule has 7 heteroatoms. The van der Waals surface area contributed by atoms with Crippen LogP contribution >= 0.6 is 39.0 Å². The molecule has 1 heterocycles. The van der Waals surface area contributed by atoms with Crippen molar-refractivity contribution in [2.24, 2.45) is 0 Å².